The molecular weight excluding hydrogens is 198 g/mol. The summed E-state index contributed by atoms with van der Waals surface area (Å²) in [4.78, 5) is 11.3. The fourth-order valence-corrected chi connectivity index (χ4v) is 0.965. The molecule has 2 N–H and O–H groups in total. The Labute approximate surface area is 87.8 Å². The number of anilines is 1. The van der Waals surface area contributed by atoms with Gasteiger partial charge in [-0.05, 0) is 20.8 Å². The van der Waals surface area contributed by atoms with E-state index in [-0.39, 0.29) is 11.6 Å². The highest BCUT2D eigenvalue weighted by Crippen LogP contribution is 2.20. The summed E-state index contributed by atoms with van der Waals surface area (Å²) in [6.07, 6.45) is 0.740. The number of hydrogen-bond donors (Lipinski definition) is 2. The van der Waals surface area contributed by atoms with Crippen molar-refractivity contribution in [3.8, 4) is 5.75 Å². The highest BCUT2D eigenvalue weighted by molar-refractivity contribution is 5.85. The van der Waals surface area contributed by atoms with Gasteiger partial charge in [0.15, 0.2) is 11.6 Å². The molecule has 0 saturated heterocycles. The minimum Gasteiger partial charge on any atom is -0.503 e. The molecule has 1 rings (SSSR count). The van der Waals surface area contributed by atoms with Crippen LogP contribution in [-0.4, -0.2) is 26.6 Å². The van der Waals surface area contributed by atoms with Crippen molar-refractivity contribution >= 4 is 11.9 Å². The van der Waals surface area contributed by atoms with Crippen molar-refractivity contribution in [2.75, 3.05) is 5.32 Å². The Balaban J connectivity index is 2.63. The van der Waals surface area contributed by atoms with E-state index >= 15 is 0 Å². The number of carbonyl (C=O) groups excluding carboxylic acids is 1. The molecule has 0 saturated carbocycles. The van der Waals surface area contributed by atoms with Gasteiger partial charge in [0, 0.05) is 7.05 Å². The number of carbonyl (C=O) groups is 1. The maximum Gasteiger partial charge on any atom is 0.413 e. The van der Waals surface area contributed by atoms with E-state index in [9.17, 15) is 9.90 Å². The number of nitrogens with zero attached hydrogens (tertiary/aromatic N) is 2. The lowest BCUT2D eigenvalue weighted by Crippen LogP contribution is -2.27. The Bertz CT molecular complexity index is 365. The quantitative estimate of drug-likeness (QED) is 0.740. The molecule has 0 aromatic carbocycles. The molecule has 1 amide bonds. The number of rotatable bonds is 1. The molecule has 0 spiro atoms. The number of aryl methyl sites for hydroxylation is 1. The molecule has 0 aliphatic heterocycles. The fourth-order valence-electron chi connectivity index (χ4n) is 0.965. The summed E-state index contributed by atoms with van der Waals surface area (Å²) in [6.45, 7) is 5.26. The molecule has 0 atom stereocenters. The first kappa shape index (κ1) is 11.4. The Morgan fingerprint density at radius 1 is 1.60 bits per heavy atom. The molecule has 0 fully saturated rings. The second kappa shape index (κ2) is 3.80. The van der Waals surface area contributed by atoms with E-state index in [0.29, 0.717) is 0 Å². The zero-order valence-electron chi connectivity index (χ0n) is 9.24. The third-order valence-corrected chi connectivity index (χ3v) is 1.43. The van der Waals surface area contributed by atoms with Crippen molar-refractivity contribution in [1.29, 1.82) is 0 Å². The number of nitrogens with one attached hydrogen (secondary N) is 1. The molecule has 1 aromatic heterocycles. The zero-order chi connectivity index (χ0) is 11.6. The second-order valence-corrected chi connectivity index (χ2v) is 4.16. The Morgan fingerprint density at radius 2 is 2.20 bits per heavy atom. The Kier molecular flexibility index (Phi) is 2.88. The van der Waals surface area contributed by atoms with Crippen LogP contribution in [-0.2, 0) is 11.8 Å². The maximum atomic E-state index is 11.3. The first-order valence-corrected chi connectivity index (χ1v) is 4.50. The van der Waals surface area contributed by atoms with E-state index < -0.39 is 11.7 Å². The van der Waals surface area contributed by atoms with Crippen LogP contribution in [0.25, 0.3) is 0 Å². The molecule has 15 heavy (non-hydrogen) atoms. The highest BCUT2D eigenvalue weighted by Gasteiger charge is 2.18. The van der Waals surface area contributed by atoms with Gasteiger partial charge in [0.25, 0.3) is 0 Å². The lowest BCUT2D eigenvalue weighted by atomic mass is 10.2. The molecule has 0 aliphatic carbocycles. The monoisotopic (exact) mass is 213 g/mol. The SMILES string of the molecule is Cn1cc(O)c(NC(=O)OC(C)(C)C)n1. The summed E-state index contributed by atoms with van der Waals surface area (Å²) in [5.74, 6) is -0.00453. The van der Waals surface area contributed by atoms with Crippen molar-refractivity contribution in [1.82, 2.24) is 9.78 Å². The van der Waals surface area contributed by atoms with Crippen molar-refractivity contribution in [2.24, 2.45) is 7.05 Å². The van der Waals surface area contributed by atoms with Gasteiger partial charge in [-0.2, -0.15) is 5.10 Å². The van der Waals surface area contributed by atoms with Gasteiger partial charge in [-0.15, -0.1) is 0 Å². The van der Waals surface area contributed by atoms with Gasteiger partial charge in [-0.1, -0.05) is 0 Å². The molecule has 6 heteroatoms. The minimum absolute atomic E-state index is 0.0896. The topological polar surface area (TPSA) is 76.4 Å². The normalized spacial score (nSPS) is 11.2. The number of aromatic hydroxyl groups is 1. The van der Waals surface area contributed by atoms with Gasteiger partial charge in [-0.25, -0.2) is 4.79 Å². The maximum absolute atomic E-state index is 11.3. The van der Waals surface area contributed by atoms with Crippen LogP contribution in [0.5, 0.6) is 5.75 Å². The number of hydrogen-bond acceptors (Lipinski definition) is 4. The molecule has 0 aliphatic rings. The summed E-state index contributed by atoms with van der Waals surface area (Å²) < 4.78 is 6.39. The van der Waals surface area contributed by atoms with E-state index in [1.165, 1.54) is 10.9 Å². The van der Waals surface area contributed by atoms with Crippen LogP contribution in [0.15, 0.2) is 6.20 Å². The second-order valence-electron chi connectivity index (χ2n) is 4.16. The molecular formula is C9H15N3O3. The van der Waals surface area contributed by atoms with Crippen molar-refractivity contribution in [2.45, 2.75) is 26.4 Å². The first-order valence-electron chi connectivity index (χ1n) is 4.50. The predicted molar refractivity (Wildman–Crippen MR) is 54.7 cm³/mol. The summed E-state index contributed by atoms with van der Waals surface area (Å²) in [7, 11) is 1.64. The van der Waals surface area contributed by atoms with Crippen LogP contribution in [0.3, 0.4) is 0 Å². The van der Waals surface area contributed by atoms with Crippen LogP contribution < -0.4 is 5.32 Å². The van der Waals surface area contributed by atoms with Gasteiger partial charge in [0.05, 0.1) is 6.20 Å². The number of aromatic nitrogens is 2. The summed E-state index contributed by atoms with van der Waals surface area (Å²) in [5.41, 5.74) is -0.575. The van der Waals surface area contributed by atoms with Gasteiger partial charge < -0.3 is 9.84 Å². The summed E-state index contributed by atoms with van der Waals surface area (Å²) in [5, 5.41) is 15.5. The summed E-state index contributed by atoms with van der Waals surface area (Å²) in [6, 6.07) is 0. The summed E-state index contributed by atoms with van der Waals surface area (Å²) >= 11 is 0. The van der Waals surface area contributed by atoms with Gasteiger partial charge in [0.2, 0.25) is 0 Å². The van der Waals surface area contributed by atoms with Crippen LogP contribution in [0, 0.1) is 0 Å². The van der Waals surface area contributed by atoms with E-state index in [1.54, 1.807) is 27.8 Å². The predicted octanol–water partition coefficient (Wildman–Crippen LogP) is 1.47. The molecule has 1 aromatic rings. The van der Waals surface area contributed by atoms with Crippen molar-refractivity contribution in [3.63, 3.8) is 0 Å². The highest BCUT2D eigenvalue weighted by atomic mass is 16.6. The van der Waals surface area contributed by atoms with E-state index in [4.69, 9.17) is 4.74 Å². The molecule has 6 nitrogen and oxygen atoms in total. The Morgan fingerprint density at radius 3 is 2.60 bits per heavy atom. The first-order chi connectivity index (χ1) is 6.78. The Hall–Kier alpha value is -1.72. The van der Waals surface area contributed by atoms with Crippen LogP contribution in [0.1, 0.15) is 20.8 Å². The van der Waals surface area contributed by atoms with Gasteiger partial charge >= 0.3 is 6.09 Å². The van der Waals surface area contributed by atoms with Crippen LogP contribution in [0.4, 0.5) is 10.6 Å². The van der Waals surface area contributed by atoms with Crippen LogP contribution >= 0.6 is 0 Å². The number of amides is 1. The molecule has 84 valence electrons. The standard InChI is InChI=1S/C9H15N3O3/c1-9(2,3)15-8(14)10-7-6(13)5-12(4)11-7/h5,13H,1-4H3,(H,10,11,14). The third-order valence-electron chi connectivity index (χ3n) is 1.43. The minimum atomic E-state index is -0.642. The average molecular weight is 213 g/mol. The van der Waals surface area contributed by atoms with Gasteiger partial charge in [-0.3, -0.25) is 10.00 Å². The molecule has 0 bridgehead atoms. The van der Waals surface area contributed by atoms with E-state index in [0.717, 1.165) is 0 Å². The third kappa shape index (κ3) is 3.49. The molecule has 1 heterocycles. The average Bonchev–Trinajstić information content (AvgIpc) is 2.25. The van der Waals surface area contributed by atoms with Crippen LogP contribution in [0.2, 0.25) is 0 Å². The van der Waals surface area contributed by atoms with Crippen molar-refractivity contribution < 1.29 is 14.6 Å². The van der Waals surface area contributed by atoms with Gasteiger partial charge in [0.1, 0.15) is 5.60 Å². The largest absolute Gasteiger partial charge is 0.503 e. The smallest absolute Gasteiger partial charge is 0.413 e. The zero-order valence-corrected chi connectivity index (χ0v) is 9.24. The lowest BCUT2D eigenvalue weighted by Gasteiger charge is -2.19. The molecule has 0 radical (unpaired) electrons. The lowest BCUT2D eigenvalue weighted by molar-refractivity contribution is 0.0634. The van der Waals surface area contributed by atoms with E-state index in [1.807, 2.05) is 0 Å². The molecule has 0 unspecified atom stereocenters. The fraction of sp³-hybridized carbons (Fsp3) is 0.556. The number of ether oxygens (including phenoxy) is 1. The van der Waals surface area contributed by atoms with Crippen molar-refractivity contribution in [3.05, 3.63) is 6.20 Å². The van der Waals surface area contributed by atoms with E-state index in [2.05, 4.69) is 10.4 Å².